The van der Waals surface area contributed by atoms with E-state index in [4.69, 9.17) is 14.4 Å². The van der Waals surface area contributed by atoms with Gasteiger partial charge in [0, 0.05) is 33.0 Å². The summed E-state index contributed by atoms with van der Waals surface area (Å²) in [5.74, 6) is 0.319. The van der Waals surface area contributed by atoms with Gasteiger partial charge in [-0.2, -0.15) is 0 Å². The van der Waals surface area contributed by atoms with Gasteiger partial charge in [0.2, 0.25) is 0 Å². The summed E-state index contributed by atoms with van der Waals surface area (Å²) in [6, 6.07) is 49.7. The van der Waals surface area contributed by atoms with Crippen LogP contribution >= 0.6 is 0 Å². The van der Waals surface area contributed by atoms with E-state index in [2.05, 4.69) is 54.6 Å². The topological polar surface area (TPSA) is 38.9 Å². The standard InChI is InChI=1S/C40H25FN2O/c41-32-20-18-27(19-21-32)36-25-37(43-40(42-36)28-12-5-2-6-13-28)31-23-29(26-10-3-1-4-11-26)22-30(24-31)33-15-9-16-35-34-14-7-8-17-38(34)44-39(33)35/h1-25H. The first-order valence-electron chi connectivity index (χ1n) is 14.5. The van der Waals surface area contributed by atoms with Crippen LogP contribution in [0.3, 0.4) is 0 Å². The molecule has 0 aliphatic heterocycles. The maximum Gasteiger partial charge on any atom is 0.160 e. The SMILES string of the molecule is Fc1ccc(-c2cc(-c3cc(-c4ccccc4)cc(-c4cccc5c4oc4ccccc45)c3)nc(-c3ccccc3)n2)cc1. The van der Waals surface area contributed by atoms with E-state index < -0.39 is 0 Å². The van der Waals surface area contributed by atoms with Crippen molar-refractivity contribution < 1.29 is 8.81 Å². The number of fused-ring (bicyclic) bond motifs is 3. The van der Waals surface area contributed by atoms with Crippen LogP contribution < -0.4 is 0 Å². The molecule has 4 heteroatoms. The Morgan fingerprint density at radius 1 is 0.432 bits per heavy atom. The van der Waals surface area contributed by atoms with Gasteiger partial charge in [-0.1, -0.05) is 97.1 Å². The number of nitrogens with zero attached hydrogens (tertiary/aromatic N) is 2. The Balaban J connectivity index is 1.38. The van der Waals surface area contributed by atoms with Crippen molar-refractivity contribution >= 4 is 21.9 Å². The Hall–Kier alpha value is -5.87. The molecule has 0 N–H and O–H groups in total. The quantitative estimate of drug-likeness (QED) is 0.207. The van der Waals surface area contributed by atoms with Crippen molar-refractivity contribution in [2.75, 3.05) is 0 Å². The van der Waals surface area contributed by atoms with Gasteiger partial charge in [-0.05, 0) is 71.3 Å². The average Bonchev–Trinajstić information content (AvgIpc) is 3.48. The highest BCUT2D eigenvalue weighted by molar-refractivity contribution is 6.09. The van der Waals surface area contributed by atoms with Crippen LogP contribution in [0.2, 0.25) is 0 Å². The average molecular weight is 569 g/mol. The Morgan fingerprint density at radius 3 is 1.82 bits per heavy atom. The van der Waals surface area contributed by atoms with E-state index in [1.54, 1.807) is 12.1 Å². The number of halogens is 1. The molecule has 0 unspecified atom stereocenters. The molecule has 44 heavy (non-hydrogen) atoms. The van der Waals surface area contributed by atoms with E-state index in [9.17, 15) is 4.39 Å². The molecule has 0 aliphatic carbocycles. The number of benzene rings is 6. The highest BCUT2D eigenvalue weighted by Crippen LogP contribution is 2.39. The molecular formula is C40H25FN2O. The number of hydrogen-bond acceptors (Lipinski definition) is 3. The zero-order valence-electron chi connectivity index (χ0n) is 23.6. The third kappa shape index (κ3) is 4.73. The largest absolute Gasteiger partial charge is 0.455 e. The van der Waals surface area contributed by atoms with E-state index in [1.165, 1.54) is 12.1 Å². The first-order chi connectivity index (χ1) is 21.7. The Kier molecular flexibility index (Phi) is 6.31. The number of hydrogen-bond donors (Lipinski definition) is 0. The van der Waals surface area contributed by atoms with E-state index in [0.717, 1.165) is 72.3 Å². The smallest absolute Gasteiger partial charge is 0.160 e. The molecule has 2 aromatic heterocycles. The monoisotopic (exact) mass is 568 g/mol. The second-order valence-electron chi connectivity index (χ2n) is 10.8. The van der Waals surface area contributed by atoms with Gasteiger partial charge in [-0.3, -0.25) is 0 Å². The van der Waals surface area contributed by atoms with Gasteiger partial charge in [-0.15, -0.1) is 0 Å². The molecule has 3 nitrogen and oxygen atoms in total. The molecule has 0 radical (unpaired) electrons. The lowest BCUT2D eigenvalue weighted by molar-refractivity contribution is 0.628. The number of aromatic nitrogens is 2. The summed E-state index contributed by atoms with van der Waals surface area (Å²) < 4.78 is 20.3. The Morgan fingerprint density at radius 2 is 1.05 bits per heavy atom. The summed E-state index contributed by atoms with van der Waals surface area (Å²) in [5.41, 5.74) is 10.1. The molecule has 6 aromatic carbocycles. The second kappa shape index (κ2) is 10.8. The molecule has 0 amide bonds. The van der Waals surface area contributed by atoms with E-state index in [0.29, 0.717) is 5.82 Å². The van der Waals surface area contributed by atoms with Crippen LogP contribution in [0, 0.1) is 5.82 Å². The van der Waals surface area contributed by atoms with Crippen LogP contribution in [-0.2, 0) is 0 Å². The van der Waals surface area contributed by atoms with Gasteiger partial charge in [0.1, 0.15) is 17.0 Å². The van der Waals surface area contributed by atoms with Crippen molar-refractivity contribution in [3.63, 3.8) is 0 Å². The Bertz CT molecular complexity index is 2270. The summed E-state index contributed by atoms with van der Waals surface area (Å²) in [6.07, 6.45) is 0. The van der Waals surface area contributed by atoms with Crippen LogP contribution in [0.25, 0.3) is 78.1 Å². The summed E-state index contributed by atoms with van der Waals surface area (Å²) in [6.45, 7) is 0. The van der Waals surface area contributed by atoms with Crippen LogP contribution in [-0.4, -0.2) is 9.97 Å². The van der Waals surface area contributed by atoms with E-state index in [-0.39, 0.29) is 5.82 Å². The van der Waals surface area contributed by atoms with Crippen molar-refractivity contribution in [3.8, 4) is 56.2 Å². The minimum atomic E-state index is -0.286. The molecule has 0 atom stereocenters. The maximum absolute atomic E-state index is 13.8. The predicted molar refractivity (Wildman–Crippen MR) is 176 cm³/mol. The lowest BCUT2D eigenvalue weighted by Crippen LogP contribution is -1.96. The zero-order chi connectivity index (χ0) is 29.5. The van der Waals surface area contributed by atoms with Gasteiger partial charge in [-0.25, -0.2) is 14.4 Å². The van der Waals surface area contributed by atoms with E-state index in [1.807, 2.05) is 72.8 Å². The Labute approximate surface area is 253 Å². The summed E-state index contributed by atoms with van der Waals surface area (Å²) >= 11 is 0. The molecule has 0 saturated carbocycles. The van der Waals surface area contributed by atoms with Crippen molar-refractivity contribution in [2.24, 2.45) is 0 Å². The molecule has 2 heterocycles. The predicted octanol–water partition coefficient (Wildman–Crippen LogP) is 10.9. The maximum atomic E-state index is 13.8. The van der Waals surface area contributed by atoms with Crippen molar-refractivity contribution in [3.05, 3.63) is 157 Å². The first kappa shape index (κ1) is 25.8. The highest BCUT2D eigenvalue weighted by Gasteiger charge is 2.16. The fraction of sp³-hybridized carbons (Fsp3) is 0. The third-order valence-electron chi connectivity index (χ3n) is 7.95. The molecule has 208 valence electrons. The fourth-order valence-electron chi connectivity index (χ4n) is 5.78. The second-order valence-corrected chi connectivity index (χ2v) is 10.8. The molecular weight excluding hydrogens is 543 g/mol. The van der Waals surface area contributed by atoms with Crippen LogP contribution in [0.5, 0.6) is 0 Å². The van der Waals surface area contributed by atoms with Crippen molar-refractivity contribution in [1.82, 2.24) is 9.97 Å². The van der Waals surface area contributed by atoms with Crippen molar-refractivity contribution in [2.45, 2.75) is 0 Å². The summed E-state index contributed by atoms with van der Waals surface area (Å²) in [5, 5.41) is 2.17. The molecule has 0 aliphatic rings. The molecule has 0 fully saturated rings. The van der Waals surface area contributed by atoms with Gasteiger partial charge < -0.3 is 4.42 Å². The molecule has 0 saturated heterocycles. The molecule has 0 bridgehead atoms. The number of rotatable bonds is 5. The normalized spacial score (nSPS) is 11.3. The van der Waals surface area contributed by atoms with Gasteiger partial charge in [0.15, 0.2) is 5.82 Å². The van der Waals surface area contributed by atoms with E-state index >= 15 is 0 Å². The number of furan rings is 1. The van der Waals surface area contributed by atoms with Crippen LogP contribution in [0.1, 0.15) is 0 Å². The van der Waals surface area contributed by atoms with Gasteiger partial charge >= 0.3 is 0 Å². The molecule has 8 aromatic rings. The summed E-state index contributed by atoms with van der Waals surface area (Å²) in [4.78, 5) is 9.98. The first-order valence-corrected chi connectivity index (χ1v) is 14.5. The van der Waals surface area contributed by atoms with Crippen molar-refractivity contribution in [1.29, 1.82) is 0 Å². The minimum Gasteiger partial charge on any atom is -0.455 e. The minimum absolute atomic E-state index is 0.286. The van der Waals surface area contributed by atoms with Gasteiger partial charge in [0.05, 0.1) is 11.4 Å². The highest BCUT2D eigenvalue weighted by atomic mass is 19.1. The number of para-hydroxylation sites is 2. The lowest BCUT2D eigenvalue weighted by Gasteiger charge is -2.13. The van der Waals surface area contributed by atoms with Gasteiger partial charge in [0.25, 0.3) is 0 Å². The third-order valence-corrected chi connectivity index (χ3v) is 7.95. The fourth-order valence-corrected chi connectivity index (χ4v) is 5.78. The zero-order valence-corrected chi connectivity index (χ0v) is 23.6. The lowest BCUT2D eigenvalue weighted by atomic mass is 9.93. The summed E-state index contributed by atoms with van der Waals surface area (Å²) in [7, 11) is 0. The molecule has 0 spiro atoms. The van der Waals surface area contributed by atoms with Crippen LogP contribution in [0.4, 0.5) is 4.39 Å². The molecule has 8 rings (SSSR count). The van der Waals surface area contributed by atoms with Crippen LogP contribution in [0.15, 0.2) is 156 Å².